The smallest absolute Gasteiger partial charge is 0.0497 e. The molecular weight excluding hydrogens is 282 g/mol. The summed E-state index contributed by atoms with van der Waals surface area (Å²) in [6, 6.07) is 9.21. The van der Waals surface area contributed by atoms with E-state index in [1.807, 2.05) is 12.1 Å². The van der Waals surface area contributed by atoms with Crippen LogP contribution in [0.1, 0.15) is 38.8 Å². The van der Waals surface area contributed by atoms with Gasteiger partial charge in [0.25, 0.3) is 0 Å². The highest BCUT2D eigenvalue weighted by molar-refractivity contribution is 6.30. The molecule has 0 amide bonds. The lowest BCUT2D eigenvalue weighted by Gasteiger charge is -2.42. The minimum atomic E-state index is 0.112. The van der Waals surface area contributed by atoms with E-state index < -0.39 is 0 Å². The minimum absolute atomic E-state index is 0.112. The first-order chi connectivity index (χ1) is 10.0. The van der Waals surface area contributed by atoms with Crippen LogP contribution >= 0.6 is 11.6 Å². The van der Waals surface area contributed by atoms with E-state index in [2.05, 4.69) is 42.7 Å². The molecule has 2 rings (SSSR count). The van der Waals surface area contributed by atoms with Crippen LogP contribution < -0.4 is 5.73 Å². The second kappa shape index (κ2) is 7.59. The molecule has 1 fully saturated rings. The molecule has 1 aliphatic rings. The molecule has 3 unspecified atom stereocenters. The topological polar surface area (TPSA) is 32.5 Å². The van der Waals surface area contributed by atoms with Crippen LogP contribution in [0.4, 0.5) is 0 Å². The number of hydrogen-bond acceptors (Lipinski definition) is 3. The van der Waals surface area contributed by atoms with Crippen molar-refractivity contribution in [1.29, 1.82) is 0 Å². The molecule has 21 heavy (non-hydrogen) atoms. The van der Waals surface area contributed by atoms with Gasteiger partial charge in [-0.1, -0.05) is 30.7 Å². The lowest BCUT2D eigenvalue weighted by molar-refractivity contribution is 0.0653. The summed E-state index contributed by atoms with van der Waals surface area (Å²) in [5.74, 6) is 0. The average molecular weight is 310 g/mol. The Labute approximate surface area is 134 Å². The molecule has 0 saturated carbocycles. The van der Waals surface area contributed by atoms with E-state index in [1.54, 1.807) is 0 Å². The van der Waals surface area contributed by atoms with Gasteiger partial charge < -0.3 is 5.73 Å². The van der Waals surface area contributed by atoms with Crippen LogP contribution in [0.2, 0.25) is 5.02 Å². The van der Waals surface area contributed by atoms with Crippen molar-refractivity contribution in [3.8, 4) is 0 Å². The standard InChI is InChI=1S/C17H28ClN3/c1-4-13(2)20-9-11-21(12-10-20)17(14(3)19)15-5-7-16(18)8-6-15/h5-8,13-14,17H,4,9-12,19H2,1-3H3. The van der Waals surface area contributed by atoms with E-state index in [0.717, 1.165) is 31.2 Å². The number of rotatable bonds is 5. The molecule has 0 bridgehead atoms. The SMILES string of the molecule is CCC(C)N1CCN(C(c2ccc(Cl)cc2)C(C)N)CC1. The van der Waals surface area contributed by atoms with Crippen molar-refractivity contribution < 1.29 is 0 Å². The predicted molar refractivity (Wildman–Crippen MR) is 90.7 cm³/mol. The van der Waals surface area contributed by atoms with Crippen molar-refractivity contribution in [3.63, 3.8) is 0 Å². The number of nitrogens with two attached hydrogens (primary N) is 1. The van der Waals surface area contributed by atoms with E-state index in [4.69, 9.17) is 17.3 Å². The largest absolute Gasteiger partial charge is 0.326 e. The van der Waals surface area contributed by atoms with Gasteiger partial charge in [0.15, 0.2) is 0 Å². The quantitative estimate of drug-likeness (QED) is 0.907. The number of benzene rings is 1. The summed E-state index contributed by atoms with van der Waals surface area (Å²) >= 11 is 6.00. The van der Waals surface area contributed by atoms with Crippen molar-refractivity contribution in [2.75, 3.05) is 26.2 Å². The Morgan fingerprint density at radius 3 is 2.05 bits per heavy atom. The molecule has 3 atom stereocenters. The van der Waals surface area contributed by atoms with Gasteiger partial charge in [0.1, 0.15) is 0 Å². The Morgan fingerprint density at radius 1 is 1.05 bits per heavy atom. The molecular formula is C17H28ClN3. The Kier molecular flexibility index (Phi) is 6.06. The minimum Gasteiger partial charge on any atom is -0.326 e. The average Bonchev–Trinajstić information content (AvgIpc) is 2.49. The molecule has 0 spiro atoms. The summed E-state index contributed by atoms with van der Waals surface area (Å²) in [5, 5.41) is 0.781. The Hall–Kier alpha value is -0.610. The molecule has 0 radical (unpaired) electrons. The summed E-state index contributed by atoms with van der Waals surface area (Å²) in [6.45, 7) is 11.1. The van der Waals surface area contributed by atoms with Gasteiger partial charge in [0.2, 0.25) is 0 Å². The van der Waals surface area contributed by atoms with Crippen molar-refractivity contribution in [2.45, 2.75) is 45.3 Å². The Bertz CT molecular complexity index is 424. The van der Waals surface area contributed by atoms with E-state index in [0.29, 0.717) is 6.04 Å². The second-order valence-corrected chi connectivity index (χ2v) is 6.62. The molecule has 2 N–H and O–H groups in total. The molecule has 1 saturated heterocycles. The fourth-order valence-corrected chi connectivity index (χ4v) is 3.35. The molecule has 1 aromatic carbocycles. The van der Waals surface area contributed by atoms with Crippen LogP contribution in [0.25, 0.3) is 0 Å². The molecule has 0 aliphatic carbocycles. The maximum atomic E-state index is 6.27. The highest BCUT2D eigenvalue weighted by Gasteiger charge is 2.28. The van der Waals surface area contributed by atoms with Gasteiger partial charge in [-0.15, -0.1) is 0 Å². The van der Waals surface area contributed by atoms with E-state index in [1.165, 1.54) is 12.0 Å². The number of halogens is 1. The Balaban J connectivity index is 2.05. The number of piperazine rings is 1. The van der Waals surface area contributed by atoms with Crippen LogP contribution in [0.5, 0.6) is 0 Å². The maximum absolute atomic E-state index is 6.27. The predicted octanol–water partition coefficient (Wildman–Crippen LogP) is 3.14. The van der Waals surface area contributed by atoms with Gasteiger partial charge in [-0.3, -0.25) is 9.80 Å². The molecule has 1 aliphatic heterocycles. The fourth-order valence-electron chi connectivity index (χ4n) is 3.22. The van der Waals surface area contributed by atoms with Gasteiger partial charge in [0, 0.05) is 49.3 Å². The van der Waals surface area contributed by atoms with Gasteiger partial charge in [-0.25, -0.2) is 0 Å². The molecule has 1 aromatic rings. The van der Waals surface area contributed by atoms with Crippen molar-refractivity contribution >= 4 is 11.6 Å². The van der Waals surface area contributed by atoms with Crippen LogP contribution in [0.15, 0.2) is 24.3 Å². The van der Waals surface area contributed by atoms with E-state index >= 15 is 0 Å². The third-order valence-electron chi connectivity index (χ3n) is 4.67. The summed E-state index contributed by atoms with van der Waals surface area (Å²) in [6.07, 6.45) is 1.22. The molecule has 3 nitrogen and oxygen atoms in total. The first-order valence-electron chi connectivity index (χ1n) is 8.02. The summed E-state index contributed by atoms with van der Waals surface area (Å²) in [7, 11) is 0. The van der Waals surface area contributed by atoms with E-state index in [9.17, 15) is 0 Å². The number of hydrogen-bond donors (Lipinski definition) is 1. The summed E-state index contributed by atoms with van der Waals surface area (Å²) in [5.41, 5.74) is 7.54. The molecule has 0 aromatic heterocycles. The van der Waals surface area contributed by atoms with Crippen LogP contribution in [0, 0.1) is 0 Å². The first-order valence-corrected chi connectivity index (χ1v) is 8.40. The van der Waals surface area contributed by atoms with Crippen LogP contribution in [0.3, 0.4) is 0 Å². The fraction of sp³-hybridized carbons (Fsp3) is 0.647. The second-order valence-electron chi connectivity index (χ2n) is 6.18. The van der Waals surface area contributed by atoms with Crippen LogP contribution in [-0.4, -0.2) is 48.1 Å². The van der Waals surface area contributed by atoms with Gasteiger partial charge in [0.05, 0.1) is 0 Å². The molecule has 4 heteroatoms. The highest BCUT2D eigenvalue weighted by atomic mass is 35.5. The lowest BCUT2D eigenvalue weighted by atomic mass is 9.98. The zero-order valence-electron chi connectivity index (χ0n) is 13.4. The Morgan fingerprint density at radius 2 is 1.57 bits per heavy atom. The zero-order valence-corrected chi connectivity index (χ0v) is 14.2. The number of nitrogens with zero attached hydrogens (tertiary/aromatic N) is 2. The zero-order chi connectivity index (χ0) is 15.4. The highest BCUT2D eigenvalue weighted by Crippen LogP contribution is 2.26. The van der Waals surface area contributed by atoms with E-state index in [-0.39, 0.29) is 12.1 Å². The third kappa shape index (κ3) is 4.19. The molecule has 118 valence electrons. The summed E-state index contributed by atoms with van der Waals surface area (Å²) < 4.78 is 0. The third-order valence-corrected chi connectivity index (χ3v) is 4.92. The summed E-state index contributed by atoms with van der Waals surface area (Å²) in [4.78, 5) is 5.10. The normalized spacial score (nSPS) is 22.0. The van der Waals surface area contributed by atoms with Gasteiger partial charge in [-0.2, -0.15) is 0 Å². The monoisotopic (exact) mass is 309 g/mol. The van der Waals surface area contributed by atoms with Gasteiger partial charge in [-0.05, 0) is 38.0 Å². The van der Waals surface area contributed by atoms with Crippen molar-refractivity contribution in [1.82, 2.24) is 9.80 Å². The van der Waals surface area contributed by atoms with Crippen molar-refractivity contribution in [2.24, 2.45) is 5.73 Å². The van der Waals surface area contributed by atoms with Crippen LogP contribution in [-0.2, 0) is 0 Å². The lowest BCUT2D eigenvalue weighted by Crippen LogP contribution is -2.52. The maximum Gasteiger partial charge on any atom is 0.0497 e. The molecule has 1 heterocycles. The van der Waals surface area contributed by atoms with Gasteiger partial charge >= 0.3 is 0 Å². The van der Waals surface area contributed by atoms with Crippen molar-refractivity contribution in [3.05, 3.63) is 34.9 Å². The first kappa shape index (κ1) is 16.8.